The van der Waals surface area contributed by atoms with Crippen LogP contribution in [0.5, 0.6) is 0 Å². The Morgan fingerprint density at radius 3 is 1.86 bits per heavy atom. The number of hydrazine groups is 1. The summed E-state index contributed by atoms with van der Waals surface area (Å²) in [6.45, 7) is 6.09. The van der Waals surface area contributed by atoms with Crippen LogP contribution >= 0.6 is 7.67 Å². The van der Waals surface area contributed by atoms with Gasteiger partial charge in [-0.25, -0.2) is 4.67 Å². The lowest BCUT2D eigenvalue weighted by atomic mass is 10.2. The lowest BCUT2D eigenvalue weighted by molar-refractivity contribution is -0.124. The molecule has 0 aromatic carbocycles. The molecule has 0 radical (unpaired) electrons. The summed E-state index contributed by atoms with van der Waals surface area (Å²) < 4.78 is 13.3. The molecule has 1 amide bonds. The van der Waals surface area contributed by atoms with Crippen LogP contribution in [0.2, 0.25) is 0 Å². The Morgan fingerprint density at radius 2 is 1.52 bits per heavy atom. The average molecular weight is 321 g/mol. The van der Waals surface area contributed by atoms with E-state index in [1.165, 1.54) is 13.8 Å². The van der Waals surface area contributed by atoms with Gasteiger partial charge in [-0.1, -0.05) is 13.8 Å². The molecule has 0 aliphatic rings. The van der Waals surface area contributed by atoms with E-state index in [2.05, 4.69) is 10.6 Å². The predicted octanol–water partition coefficient (Wildman–Crippen LogP) is 0.624. The van der Waals surface area contributed by atoms with Crippen LogP contribution < -0.4 is 10.6 Å². The van der Waals surface area contributed by atoms with Gasteiger partial charge < -0.3 is 4.89 Å². The Bertz CT molecular complexity index is 421. The van der Waals surface area contributed by atoms with Gasteiger partial charge in [0, 0.05) is 31.8 Å². The van der Waals surface area contributed by atoms with Gasteiger partial charge in [0.25, 0.3) is 0 Å². The van der Waals surface area contributed by atoms with Gasteiger partial charge in [-0.2, -0.15) is 0 Å². The summed E-state index contributed by atoms with van der Waals surface area (Å²) in [4.78, 5) is 43.4. The molecule has 0 saturated carbocycles. The first kappa shape index (κ1) is 19.9. The van der Waals surface area contributed by atoms with E-state index >= 15 is 0 Å². The van der Waals surface area contributed by atoms with E-state index in [1.807, 2.05) is 0 Å². The van der Waals surface area contributed by atoms with E-state index < -0.39 is 13.6 Å². The topological polar surface area (TPSA) is 116 Å². The van der Waals surface area contributed by atoms with Gasteiger partial charge in [-0.05, 0) is 13.8 Å². The minimum absolute atomic E-state index is 0.0287. The van der Waals surface area contributed by atoms with Crippen LogP contribution in [0, 0.1) is 5.92 Å². The molecule has 0 spiro atoms. The molecule has 0 aromatic rings. The van der Waals surface area contributed by atoms with Crippen molar-refractivity contribution >= 4 is 25.1 Å². The second kappa shape index (κ2) is 9.04. The maximum atomic E-state index is 12.2. The maximum absolute atomic E-state index is 12.2. The van der Waals surface area contributed by atoms with Crippen LogP contribution in [0.3, 0.4) is 0 Å². The zero-order valence-corrected chi connectivity index (χ0v) is 13.8. The third-order valence-corrected chi connectivity index (χ3v) is 4.25. The van der Waals surface area contributed by atoms with E-state index in [0.717, 1.165) is 4.67 Å². The highest BCUT2D eigenvalue weighted by molar-refractivity contribution is 7.53. The van der Waals surface area contributed by atoms with E-state index in [0.29, 0.717) is 0 Å². The highest BCUT2D eigenvalue weighted by atomic mass is 31.2. The van der Waals surface area contributed by atoms with Crippen molar-refractivity contribution in [1.82, 2.24) is 15.3 Å². The molecule has 9 heteroatoms. The predicted molar refractivity (Wildman–Crippen MR) is 78.1 cm³/mol. The molecule has 0 heterocycles. The van der Waals surface area contributed by atoms with E-state index in [9.17, 15) is 23.8 Å². The Balaban J connectivity index is 4.74. The summed E-state index contributed by atoms with van der Waals surface area (Å²) in [5.41, 5.74) is 2.16. The Morgan fingerprint density at radius 1 is 1.10 bits per heavy atom. The van der Waals surface area contributed by atoms with Crippen molar-refractivity contribution in [2.24, 2.45) is 5.92 Å². The number of hydrogen-bond acceptors (Lipinski definition) is 4. The van der Waals surface area contributed by atoms with Crippen molar-refractivity contribution < 1.29 is 23.8 Å². The van der Waals surface area contributed by atoms with Crippen molar-refractivity contribution in [3.63, 3.8) is 0 Å². The molecule has 1 atom stereocenters. The van der Waals surface area contributed by atoms with Gasteiger partial charge in [0.15, 0.2) is 0 Å². The third kappa shape index (κ3) is 8.72. The van der Waals surface area contributed by atoms with Gasteiger partial charge in [0.2, 0.25) is 5.91 Å². The molecule has 1 unspecified atom stereocenters. The molecule has 0 saturated heterocycles. The fourth-order valence-corrected chi connectivity index (χ4v) is 2.44. The highest BCUT2D eigenvalue weighted by Crippen LogP contribution is 2.39. The third-order valence-electron chi connectivity index (χ3n) is 2.68. The molecule has 8 nitrogen and oxygen atoms in total. The molecule has 3 N–H and O–H groups in total. The Labute approximate surface area is 124 Å². The Kier molecular flexibility index (Phi) is 8.58. The van der Waals surface area contributed by atoms with E-state index in [-0.39, 0.29) is 43.4 Å². The molecule has 0 aliphatic carbocycles. The number of carbonyl (C=O) groups excluding carboxylic acids is 3. The van der Waals surface area contributed by atoms with Crippen LogP contribution in [0.15, 0.2) is 0 Å². The number of nitrogens with zero attached hydrogens (tertiary/aromatic N) is 1. The number of hydrogen-bond donors (Lipinski definition) is 3. The standard InChI is InChI=1S/C12H24N3O5P/c1-9(2)12(18)13-14-21(19,20)15(7-5-10(3)16)8-6-11(4)17/h9H,5-8H2,1-4H3,(H,13,18)(H2,14,19,20). The maximum Gasteiger partial charge on any atom is 0.358 e. The molecule has 21 heavy (non-hydrogen) atoms. The van der Waals surface area contributed by atoms with Gasteiger partial charge in [-0.15, -0.1) is 5.20 Å². The molecular weight excluding hydrogens is 297 g/mol. The highest BCUT2D eigenvalue weighted by Gasteiger charge is 2.29. The summed E-state index contributed by atoms with van der Waals surface area (Å²) in [6.07, 6.45) is 0.171. The summed E-state index contributed by atoms with van der Waals surface area (Å²) in [5, 5.41) is 2.10. The van der Waals surface area contributed by atoms with Crippen molar-refractivity contribution in [2.75, 3.05) is 13.1 Å². The second-order valence-corrected chi connectivity index (χ2v) is 7.03. The van der Waals surface area contributed by atoms with Crippen LogP contribution in [-0.2, 0) is 18.9 Å². The molecular formula is C12H24N3O5P. The number of carbonyl (C=O) groups is 3. The molecule has 0 rings (SSSR count). The first-order valence-electron chi connectivity index (χ1n) is 6.70. The molecule has 122 valence electrons. The fourth-order valence-electron chi connectivity index (χ4n) is 1.30. The summed E-state index contributed by atoms with van der Waals surface area (Å²) in [5.74, 6) is -1.04. The van der Waals surface area contributed by atoms with Crippen LogP contribution in [0.1, 0.15) is 40.5 Å². The molecule has 0 aromatic heterocycles. The van der Waals surface area contributed by atoms with Crippen LogP contribution in [0.4, 0.5) is 0 Å². The normalized spacial score (nSPS) is 14.0. The zero-order chi connectivity index (χ0) is 16.6. The van der Waals surface area contributed by atoms with Crippen LogP contribution in [-0.4, -0.2) is 40.1 Å². The monoisotopic (exact) mass is 321 g/mol. The quantitative estimate of drug-likeness (QED) is 0.399. The number of amides is 1. The minimum atomic E-state index is -4.06. The van der Waals surface area contributed by atoms with Crippen molar-refractivity contribution in [1.29, 1.82) is 0 Å². The van der Waals surface area contributed by atoms with Gasteiger partial charge >= 0.3 is 7.67 Å². The van der Waals surface area contributed by atoms with Gasteiger partial charge in [0.1, 0.15) is 11.6 Å². The number of nitrogens with one attached hydrogen (secondary N) is 2. The van der Waals surface area contributed by atoms with E-state index in [4.69, 9.17) is 0 Å². The minimum Gasteiger partial charge on any atom is -0.321 e. The molecule has 0 aliphatic heterocycles. The first-order valence-corrected chi connectivity index (χ1v) is 8.31. The number of rotatable bonds is 10. The SMILES string of the molecule is CC(=O)CCN(CCC(C)=O)P(=O)(O)NNC(=O)C(C)C. The summed E-state index contributed by atoms with van der Waals surface area (Å²) in [7, 11) is -4.06. The zero-order valence-electron chi connectivity index (χ0n) is 12.9. The van der Waals surface area contributed by atoms with Gasteiger partial charge in [-0.3, -0.25) is 24.4 Å². The average Bonchev–Trinajstić information content (AvgIpc) is 2.34. The molecule has 0 bridgehead atoms. The largest absolute Gasteiger partial charge is 0.358 e. The first-order chi connectivity index (χ1) is 9.56. The second-order valence-electron chi connectivity index (χ2n) is 5.16. The number of ketones is 2. The van der Waals surface area contributed by atoms with E-state index in [1.54, 1.807) is 13.8 Å². The fraction of sp³-hybridized carbons (Fsp3) is 0.750. The molecule has 0 fully saturated rings. The summed E-state index contributed by atoms with van der Waals surface area (Å²) >= 11 is 0. The lowest BCUT2D eigenvalue weighted by Gasteiger charge is -2.27. The lowest BCUT2D eigenvalue weighted by Crippen LogP contribution is -2.42. The van der Waals surface area contributed by atoms with Crippen molar-refractivity contribution in [2.45, 2.75) is 40.5 Å². The van der Waals surface area contributed by atoms with Crippen molar-refractivity contribution in [3.05, 3.63) is 0 Å². The summed E-state index contributed by atoms with van der Waals surface area (Å²) in [6, 6.07) is 0. The van der Waals surface area contributed by atoms with Gasteiger partial charge in [0.05, 0.1) is 0 Å². The number of Topliss-reactive ketones (excluding diaryl/α,β-unsaturated/α-hetero) is 2. The smallest absolute Gasteiger partial charge is 0.321 e. The Hall–Kier alpha value is -1.08. The van der Waals surface area contributed by atoms with Crippen molar-refractivity contribution in [3.8, 4) is 0 Å². The van der Waals surface area contributed by atoms with Crippen LogP contribution in [0.25, 0.3) is 0 Å².